The molecule has 0 N–H and O–H groups in total. The van der Waals surface area contributed by atoms with E-state index in [0.717, 1.165) is 27.7 Å². The lowest BCUT2D eigenvalue weighted by molar-refractivity contribution is 0.0986. The lowest BCUT2D eigenvalue weighted by Crippen LogP contribution is -2.09. The van der Waals surface area contributed by atoms with Crippen LogP contribution in [-0.2, 0) is 13.5 Å². The van der Waals surface area contributed by atoms with Gasteiger partial charge >= 0.3 is 0 Å². The third-order valence-electron chi connectivity index (χ3n) is 3.64. The van der Waals surface area contributed by atoms with Crippen molar-refractivity contribution in [2.75, 3.05) is 0 Å². The third kappa shape index (κ3) is 2.44. The van der Waals surface area contributed by atoms with Gasteiger partial charge in [-0.3, -0.25) is 14.5 Å². The molecule has 3 aromatic rings. The lowest BCUT2D eigenvalue weighted by Gasteiger charge is -2.04. The van der Waals surface area contributed by atoms with Gasteiger partial charge in [0.1, 0.15) is 5.69 Å². The van der Waals surface area contributed by atoms with Crippen LogP contribution in [0, 0.1) is 13.8 Å². The van der Waals surface area contributed by atoms with Crippen LogP contribution in [0.2, 0.25) is 0 Å². The summed E-state index contributed by atoms with van der Waals surface area (Å²) in [6.07, 6.45) is 2.01. The number of hydrogen-bond donors (Lipinski definition) is 0. The van der Waals surface area contributed by atoms with Gasteiger partial charge in [-0.25, -0.2) is 0 Å². The van der Waals surface area contributed by atoms with E-state index < -0.39 is 0 Å². The normalized spacial score (nSPS) is 11.0. The molecule has 0 aliphatic heterocycles. The van der Waals surface area contributed by atoms with E-state index in [4.69, 9.17) is 0 Å². The molecule has 1 aromatic carbocycles. The number of carbonyl (C=O) groups is 1. The molecule has 0 atom stereocenters. The number of aryl methyl sites for hydroxylation is 3. The standard InChI is InChI=1S/C17H17N3O/c1-11-8-12(2)17(18-10-11)16(21)9-14-13-6-4-5-7-15(13)20(3)19-14/h4-8,10H,9H2,1-3H3. The van der Waals surface area contributed by atoms with Crippen LogP contribution >= 0.6 is 0 Å². The first-order chi connectivity index (χ1) is 10.1. The molecule has 0 saturated heterocycles. The molecule has 2 heterocycles. The van der Waals surface area contributed by atoms with Crippen LogP contribution in [0.25, 0.3) is 10.9 Å². The molecule has 0 spiro atoms. The largest absolute Gasteiger partial charge is 0.292 e. The molecule has 21 heavy (non-hydrogen) atoms. The van der Waals surface area contributed by atoms with Crippen LogP contribution in [0.5, 0.6) is 0 Å². The topological polar surface area (TPSA) is 47.8 Å². The maximum Gasteiger partial charge on any atom is 0.187 e. The Morgan fingerprint density at radius 3 is 2.76 bits per heavy atom. The molecule has 4 heteroatoms. The first-order valence-electron chi connectivity index (χ1n) is 6.93. The van der Waals surface area contributed by atoms with Gasteiger partial charge in [0, 0.05) is 18.6 Å². The van der Waals surface area contributed by atoms with E-state index in [1.54, 1.807) is 6.20 Å². The predicted molar refractivity (Wildman–Crippen MR) is 82.5 cm³/mol. The number of aromatic nitrogens is 3. The molecule has 0 unspecified atom stereocenters. The fourth-order valence-corrected chi connectivity index (χ4v) is 2.66. The SMILES string of the molecule is Cc1cnc(C(=O)Cc2nn(C)c3ccccc23)c(C)c1. The maximum absolute atomic E-state index is 12.5. The molecular weight excluding hydrogens is 262 g/mol. The molecule has 0 fully saturated rings. The van der Waals surface area contributed by atoms with E-state index in [2.05, 4.69) is 10.1 Å². The second kappa shape index (κ2) is 5.13. The lowest BCUT2D eigenvalue weighted by atomic mass is 10.0. The smallest absolute Gasteiger partial charge is 0.187 e. The number of pyridine rings is 1. The molecule has 0 saturated carbocycles. The minimum atomic E-state index is 0.0105. The van der Waals surface area contributed by atoms with Crippen molar-refractivity contribution in [2.45, 2.75) is 20.3 Å². The number of carbonyl (C=O) groups excluding carboxylic acids is 1. The predicted octanol–water partition coefficient (Wildman–Crippen LogP) is 3.01. The number of fused-ring (bicyclic) bond motifs is 1. The zero-order valence-electron chi connectivity index (χ0n) is 12.4. The Bertz CT molecular complexity index is 833. The summed E-state index contributed by atoms with van der Waals surface area (Å²) in [5, 5.41) is 5.50. The van der Waals surface area contributed by atoms with Crippen LogP contribution in [0.1, 0.15) is 27.3 Å². The van der Waals surface area contributed by atoms with Gasteiger partial charge in [0.2, 0.25) is 0 Å². The van der Waals surface area contributed by atoms with Gasteiger partial charge in [-0.15, -0.1) is 0 Å². The minimum Gasteiger partial charge on any atom is -0.292 e. The zero-order valence-corrected chi connectivity index (χ0v) is 12.4. The van der Waals surface area contributed by atoms with Crippen molar-refractivity contribution < 1.29 is 4.79 Å². The van der Waals surface area contributed by atoms with E-state index in [1.165, 1.54) is 0 Å². The van der Waals surface area contributed by atoms with Crippen molar-refractivity contribution in [3.05, 3.63) is 59.0 Å². The van der Waals surface area contributed by atoms with E-state index in [9.17, 15) is 4.79 Å². The molecule has 3 rings (SSSR count). The number of Topliss-reactive ketones (excluding diaryl/α,β-unsaturated/α-hetero) is 1. The van der Waals surface area contributed by atoms with Crippen LogP contribution in [0.15, 0.2) is 36.5 Å². The van der Waals surface area contributed by atoms with Gasteiger partial charge in [0.15, 0.2) is 5.78 Å². The van der Waals surface area contributed by atoms with Crippen molar-refractivity contribution in [1.82, 2.24) is 14.8 Å². The Balaban J connectivity index is 1.97. The van der Waals surface area contributed by atoms with E-state index in [0.29, 0.717) is 5.69 Å². The highest BCUT2D eigenvalue weighted by Crippen LogP contribution is 2.19. The van der Waals surface area contributed by atoms with E-state index in [1.807, 2.05) is 55.9 Å². The number of benzene rings is 1. The average molecular weight is 279 g/mol. The Morgan fingerprint density at radius 1 is 1.24 bits per heavy atom. The number of rotatable bonds is 3. The number of ketones is 1. The van der Waals surface area contributed by atoms with Gasteiger partial charge in [0.05, 0.1) is 17.6 Å². The second-order valence-electron chi connectivity index (χ2n) is 5.37. The Labute approximate surface area is 123 Å². The summed E-state index contributed by atoms with van der Waals surface area (Å²) < 4.78 is 1.81. The Morgan fingerprint density at radius 2 is 2.00 bits per heavy atom. The van der Waals surface area contributed by atoms with Crippen LogP contribution in [-0.4, -0.2) is 20.5 Å². The summed E-state index contributed by atoms with van der Waals surface area (Å²) in [6.45, 7) is 3.89. The molecule has 0 aliphatic carbocycles. The van der Waals surface area contributed by atoms with Gasteiger partial charge < -0.3 is 0 Å². The molecular formula is C17H17N3O. The van der Waals surface area contributed by atoms with Gasteiger partial charge in [-0.05, 0) is 31.0 Å². The first-order valence-corrected chi connectivity index (χ1v) is 6.93. The highest BCUT2D eigenvalue weighted by atomic mass is 16.1. The number of nitrogens with zero attached hydrogens (tertiary/aromatic N) is 3. The van der Waals surface area contributed by atoms with E-state index in [-0.39, 0.29) is 12.2 Å². The van der Waals surface area contributed by atoms with Crippen molar-refractivity contribution >= 4 is 16.7 Å². The number of hydrogen-bond acceptors (Lipinski definition) is 3. The molecule has 4 nitrogen and oxygen atoms in total. The van der Waals surface area contributed by atoms with E-state index >= 15 is 0 Å². The van der Waals surface area contributed by atoms with Gasteiger partial charge in [-0.1, -0.05) is 24.3 Å². The molecule has 0 radical (unpaired) electrons. The van der Waals surface area contributed by atoms with Crippen LogP contribution in [0.4, 0.5) is 0 Å². The highest BCUT2D eigenvalue weighted by Gasteiger charge is 2.16. The summed E-state index contributed by atoms with van der Waals surface area (Å²) >= 11 is 0. The minimum absolute atomic E-state index is 0.0105. The third-order valence-corrected chi connectivity index (χ3v) is 3.64. The summed E-state index contributed by atoms with van der Waals surface area (Å²) in [5.74, 6) is 0.0105. The maximum atomic E-state index is 12.5. The number of para-hydroxylation sites is 1. The van der Waals surface area contributed by atoms with Crippen molar-refractivity contribution in [2.24, 2.45) is 7.05 Å². The monoisotopic (exact) mass is 279 g/mol. The fraction of sp³-hybridized carbons (Fsp3) is 0.235. The van der Waals surface area contributed by atoms with Gasteiger partial charge in [-0.2, -0.15) is 5.10 Å². The summed E-state index contributed by atoms with van der Waals surface area (Å²) in [5.41, 5.74) is 4.36. The van der Waals surface area contributed by atoms with Gasteiger partial charge in [0.25, 0.3) is 0 Å². The van der Waals surface area contributed by atoms with Crippen molar-refractivity contribution in [1.29, 1.82) is 0 Å². The molecule has 106 valence electrons. The Kier molecular flexibility index (Phi) is 3.29. The zero-order chi connectivity index (χ0) is 15.0. The average Bonchev–Trinajstić information content (AvgIpc) is 2.76. The molecule has 0 amide bonds. The molecule has 2 aromatic heterocycles. The second-order valence-corrected chi connectivity index (χ2v) is 5.37. The van der Waals surface area contributed by atoms with Crippen LogP contribution < -0.4 is 0 Å². The van der Waals surface area contributed by atoms with Crippen molar-refractivity contribution in [3.8, 4) is 0 Å². The van der Waals surface area contributed by atoms with Crippen molar-refractivity contribution in [3.63, 3.8) is 0 Å². The molecule has 0 aliphatic rings. The first kappa shape index (κ1) is 13.5. The summed E-state index contributed by atoms with van der Waals surface area (Å²) in [6, 6.07) is 9.93. The summed E-state index contributed by atoms with van der Waals surface area (Å²) in [7, 11) is 1.89. The highest BCUT2D eigenvalue weighted by molar-refractivity contribution is 5.99. The van der Waals surface area contributed by atoms with Crippen LogP contribution in [0.3, 0.4) is 0 Å². The molecule has 0 bridgehead atoms. The summed E-state index contributed by atoms with van der Waals surface area (Å²) in [4.78, 5) is 16.8. The quantitative estimate of drug-likeness (QED) is 0.692. The fourth-order valence-electron chi connectivity index (χ4n) is 2.66. The Hall–Kier alpha value is -2.49.